The summed E-state index contributed by atoms with van der Waals surface area (Å²) in [6, 6.07) is 2.34. The third-order valence-corrected chi connectivity index (χ3v) is 6.28. The van der Waals surface area contributed by atoms with Crippen LogP contribution in [0.1, 0.15) is 70.2 Å². The van der Waals surface area contributed by atoms with Gasteiger partial charge in [0.25, 0.3) is 5.56 Å². The van der Waals surface area contributed by atoms with Crippen LogP contribution in [0.3, 0.4) is 0 Å². The SMILES string of the molecule is CC(C)CC(C(=O)N[C@H](C#N)C[C@@H]1CCCNC1=O)n1ccc2[nH]c(C3CC3)nc2c1=O. The Hall–Kier alpha value is -3.15. The van der Waals surface area contributed by atoms with E-state index in [0.29, 0.717) is 36.3 Å². The van der Waals surface area contributed by atoms with E-state index in [1.54, 1.807) is 12.3 Å². The fourth-order valence-electron chi connectivity index (χ4n) is 4.38. The summed E-state index contributed by atoms with van der Waals surface area (Å²) in [5.74, 6) is 0.617. The van der Waals surface area contributed by atoms with Crippen LogP contribution in [0.4, 0.5) is 0 Å². The molecule has 0 aromatic carbocycles. The highest BCUT2D eigenvalue weighted by Gasteiger charge is 2.31. The summed E-state index contributed by atoms with van der Waals surface area (Å²) in [4.78, 5) is 46.2. The minimum Gasteiger partial charge on any atom is -0.356 e. The third-order valence-electron chi connectivity index (χ3n) is 6.28. The standard InChI is InChI=1S/C23H30N6O3/c1-13(2)10-18(22(31)26-16(12-24)11-15-4-3-8-25-21(15)30)29-9-7-17-19(23(29)32)28-20(27-17)14-5-6-14/h7,9,13-16,18H,3-6,8,10-11H2,1-2H3,(H,25,30)(H,26,31)(H,27,28)/t15-,16-,18?/m0/s1. The lowest BCUT2D eigenvalue weighted by atomic mass is 9.91. The van der Waals surface area contributed by atoms with Gasteiger partial charge in [0.1, 0.15) is 17.9 Å². The molecule has 3 heterocycles. The van der Waals surface area contributed by atoms with E-state index in [4.69, 9.17) is 0 Å². The van der Waals surface area contributed by atoms with Crippen molar-refractivity contribution >= 4 is 22.8 Å². The number of nitriles is 1. The largest absolute Gasteiger partial charge is 0.356 e. The lowest BCUT2D eigenvalue weighted by Gasteiger charge is -2.26. The van der Waals surface area contributed by atoms with Gasteiger partial charge < -0.3 is 20.2 Å². The molecule has 0 bridgehead atoms. The predicted molar refractivity (Wildman–Crippen MR) is 119 cm³/mol. The number of aromatic nitrogens is 3. The molecule has 9 heteroatoms. The lowest BCUT2D eigenvalue weighted by Crippen LogP contribution is -2.45. The average Bonchev–Trinajstić information content (AvgIpc) is 3.52. The Bertz CT molecular complexity index is 1110. The number of piperidine rings is 1. The second-order valence-electron chi connectivity index (χ2n) is 9.39. The van der Waals surface area contributed by atoms with Crippen molar-refractivity contribution in [2.24, 2.45) is 11.8 Å². The number of nitrogens with one attached hydrogen (secondary N) is 3. The smallest absolute Gasteiger partial charge is 0.279 e. The van der Waals surface area contributed by atoms with Crippen molar-refractivity contribution in [1.29, 1.82) is 5.26 Å². The van der Waals surface area contributed by atoms with Gasteiger partial charge in [-0.25, -0.2) is 4.98 Å². The molecule has 9 nitrogen and oxygen atoms in total. The fraction of sp³-hybridized carbons (Fsp3) is 0.609. The van der Waals surface area contributed by atoms with Crippen LogP contribution in [0.15, 0.2) is 17.1 Å². The van der Waals surface area contributed by atoms with Gasteiger partial charge in [0.15, 0.2) is 5.52 Å². The molecular formula is C23H30N6O3. The molecule has 2 aliphatic rings. The highest BCUT2D eigenvalue weighted by atomic mass is 16.2. The normalized spacial score (nSPS) is 20.6. The minimum atomic E-state index is -0.794. The second kappa shape index (κ2) is 9.15. The van der Waals surface area contributed by atoms with E-state index in [1.165, 1.54) is 4.57 Å². The molecule has 0 spiro atoms. The number of carbonyl (C=O) groups excluding carboxylic acids is 2. The van der Waals surface area contributed by atoms with E-state index in [9.17, 15) is 19.6 Å². The number of rotatable bonds is 8. The van der Waals surface area contributed by atoms with Crippen molar-refractivity contribution in [1.82, 2.24) is 25.2 Å². The number of hydrogen-bond acceptors (Lipinski definition) is 5. The molecule has 3 N–H and O–H groups in total. The molecule has 170 valence electrons. The molecule has 2 aromatic heterocycles. The van der Waals surface area contributed by atoms with E-state index >= 15 is 0 Å². The lowest BCUT2D eigenvalue weighted by molar-refractivity contribution is -0.128. The van der Waals surface area contributed by atoms with E-state index in [-0.39, 0.29) is 35.6 Å². The topological polar surface area (TPSA) is 133 Å². The average molecular weight is 439 g/mol. The first-order chi connectivity index (χ1) is 15.4. The van der Waals surface area contributed by atoms with Crippen molar-refractivity contribution in [2.75, 3.05) is 6.54 Å². The van der Waals surface area contributed by atoms with Crippen molar-refractivity contribution in [2.45, 2.75) is 70.4 Å². The Labute approximate surface area is 186 Å². The monoisotopic (exact) mass is 438 g/mol. The summed E-state index contributed by atoms with van der Waals surface area (Å²) in [6.07, 6.45) is 6.04. The zero-order valence-electron chi connectivity index (χ0n) is 18.6. The van der Waals surface area contributed by atoms with Crippen molar-refractivity contribution < 1.29 is 9.59 Å². The number of hydrogen-bond donors (Lipinski definition) is 3. The number of H-pyrrole nitrogens is 1. The summed E-state index contributed by atoms with van der Waals surface area (Å²) < 4.78 is 1.43. The highest BCUT2D eigenvalue weighted by Crippen LogP contribution is 2.38. The summed E-state index contributed by atoms with van der Waals surface area (Å²) in [6.45, 7) is 4.62. The van der Waals surface area contributed by atoms with Gasteiger partial charge in [-0.05, 0) is 50.5 Å². The number of fused-ring (bicyclic) bond motifs is 1. The molecule has 2 fully saturated rings. The van der Waals surface area contributed by atoms with Gasteiger partial charge in [0.05, 0.1) is 11.6 Å². The van der Waals surface area contributed by atoms with E-state index in [1.807, 2.05) is 13.8 Å². The van der Waals surface area contributed by atoms with E-state index in [2.05, 4.69) is 26.7 Å². The molecule has 1 saturated heterocycles. The number of amides is 2. The van der Waals surface area contributed by atoms with Gasteiger partial charge in [0.2, 0.25) is 11.8 Å². The van der Waals surface area contributed by atoms with Crippen LogP contribution in [0.5, 0.6) is 0 Å². The zero-order chi connectivity index (χ0) is 22.8. The maximum Gasteiger partial charge on any atom is 0.279 e. The van der Waals surface area contributed by atoms with E-state index < -0.39 is 12.1 Å². The van der Waals surface area contributed by atoms with E-state index in [0.717, 1.165) is 25.1 Å². The van der Waals surface area contributed by atoms with Crippen LogP contribution in [0.2, 0.25) is 0 Å². The summed E-state index contributed by atoms with van der Waals surface area (Å²) in [5, 5.41) is 15.2. The maximum absolute atomic E-state index is 13.2. The zero-order valence-corrected chi connectivity index (χ0v) is 18.6. The molecule has 32 heavy (non-hydrogen) atoms. The molecule has 2 aromatic rings. The number of nitrogens with zero attached hydrogens (tertiary/aromatic N) is 3. The molecule has 1 unspecified atom stereocenters. The molecule has 1 saturated carbocycles. The quantitative estimate of drug-likeness (QED) is 0.581. The first kappa shape index (κ1) is 22.1. The van der Waals surface area contributed by atoms with Crippen LogP contribution in [-0.4, -0.2) is 38.9 Å². The number of carbonyl (C=O) groups is 2. The van der Waals surface area contributed by atoms with Crippen LogP contribution < -0.4 is 16.2 Å². The minimum absolute atomic E-state index is 0.0730. The van der Waals surface area contributed by atoms with Gasteiger partial charge in [-0.2, -0.15) is 5.26 Å². The molecule has 2 amide bonds. The Morgan fingerprint density at radius 3 is 2.78 bits per heavy atom. The van der Waals surface area contributed by atoms with Crippen molar-refractivity contribution in [3.8, 4) is 6.07 Å². The maximum atomic E-state index is 13.2. The van der Waals surface area contributed by atoms with Crippen LogP contribution >= 0.6 is 0 Å². The Morgan fingerprint density at radius 1 is 1.34 bits per heavy atom. The number of aromatic amines is 1. The van der Waals surface area contributed by atoms with Gasteiger partial charge in [-0.15, -0.1) is 0 Å². The Morgan fingerprint density at radius 2 is 2.12 bits per heavy atom. The molecule has 1 aliphatic carbocycles. The van der Waals surface area contributed by atoms with Gasteiger partial charge in [0, 0.05) is 24.6 Å². The second-order valence-corrected chi connectivity index (χ2v) is 9.39. The summed E-state index contributed by atoms with van der Waals surface area (Å²) in [5.41, 5.74) is 0.702. The fourth-order valence-corrected chi connectivity index (χ4v) is 4.38. The van der Waals surface area contributed by atoms with Crippen LogP contribution in [-0.2, 0) is 9.59 Å². The predicted octanol–water partition coefficient (Wildman–Crippen LogP) is 2.11. The number of imidazole rings is 1. The summed E-state index contributed by atoms with van der Waals surface area (Å²) in [7, 11) is 0. The van der Waals surface area contributed by atoms with Crippen LogP contribution in [0.25, 0.3) is 11.0 Å². The third kappa shape index (κ3) is 4.69. The first-order valence-corrected chi connectivity index (χ1v) is 11.5. The molecule has 0 radical (unpaired) electrons. The first-order valence-electron chi connectivity index (χ1n) is 11.5. The number of pyridine rings is 1. The Kier molecular flexibility index (Phi) is 6.31. The van der Waals surface area contributed by atoms with Crippen LogP contribution in [0, 0.1) is 23.2 Å². The molecule has 1 aliphatic heterocycles. The van der Waals surface area contributed by atoms with Crippen molar-refractivity contribution in [3.63, 3.8) is 0 Å². The summed E-state index contributed by atoms with van der Waals surface area (Å²) >= 11 is 0. The van der Waals surface area contributed by atoms with Crippen molar-refractivity contribution in [3.05, 3.63) is 28.4 Å². The molecule has 3 atom stereocenters. The Balaban J connectivity index is 1.56. The highest BCUT2D eigenvalue weighted by molar-refractivity contribution is 5.82. The van der Waals surface area contributed by atoms with Gasteiger partial charge in [-0.1, -0.05) is 13.8 Å². The van der Waals surface area contributed by atoms with Gasteiger partial charge in [-0.3, -0.25) is 14.4 Å². The molecular weight excluding hydrogens is 408 g/mol. The molecule has 4 rings (SSSR count). The van der Waals surface area contributed by atoms with Gasteiger partial charge >= 0.3 is 0 Å².